The first-order chi connectivity index (χ1) is 14.7. The summed E-state index contributed by atoms with van der Waals surface area (Å²) in [5, 5.41) is 0. The van der Waals surface area contributed by atoms with Crippen LogP contribution in [0.15, 0.2) is 24.3 Å². The summed E-state index contributed by atoms with van der Waals surface area (Å²) in [5.41, 5.74) is 3.95. The second kappa shape index (κ2) is 9.08. The van der Waals surface area contributed by atoms with Gasteiger partial charge in [-0.1, -0.05) is 17.7 Å². The average molecular weight is 425 g/mol. The quantitative estimate of drug-likeness (QED) is 0.463. The van der Waals surface area contributed by atoms with E-state index in [-0.39, 0.29) is 24.3 Å². The van der Waals surface area contributed by atoms with Crippen LogP contribution < -0.4 is 0 Å². The maximum Gasteiger partial charge on any atom is 0.355 e. The highest BCUT2D eigenvalue weighted by molar-refractivity contribution is 6.07. The van der Waals surface area contributed by atoms with Gasteiger partial charge in [0.2, 0.25) is 0 Å². The summed E-state index contributed by atoms with van der Waals surface area (Å²) in [7, 11) is 0. The van der Waals surface area contributed by atoms with E-state index in [0.29, 0.717) is 28.9 Å². The Morgan fingerprint density at radius 1 is 1.10 bits per heavy atom. The molecule has 166 valence electrons. The first kappa shape index (κ1) is 22.8. The molecule has 6 nitrogen and oxygen atoms in total. The Morgan fingerprint density at radius 2 is 1.71 bits per heavy atom. The molecule has 1 aliphatic rings. The molecule has 3 rings (SSSR count). The van der Waals surface area contributed by atoms with Crippen LogP contribution in [0.4, 0.5) is 0 Å². The number of esters is 1. The number of carbonyl (C=O) groups excluding carboxylic acids is 3. The van der Waals surface area contributed by atoms with Crippen molar-refractivity contribution in [1.82, 2.24) is 9.47 Å². The molecule has 1 atom stereocenters. The summed E-state index contributed by atoms with van der Waals surface area (Å²) < 4.78 is 7.06. The summed E-state index contributed by atoms with van der Waals surface area (Å²) in [6, 6.07) is 6.89. The molecule has 1 saturated carbocycles. The van der Waals surface area contributed by atoms with E-state index in [4.69, 9.17) is 4.74 Å². The van der Waals surface area contributed by atoms with E-state index in [0.717, 1.165) is 24.1 Å². The fourth-order valence-electron chi connectivity index (χ4n) is 4.31. The van der Waals surface area contributed by atoms with E-state index < -0.39 is 12.0 Å². The van der Waals surface area contributed by atoms with Gasteiger partial charge in [0.05, 0.1) is 12.6 Å². The molecule has 0 aliphatic heterocycles. The molecule has 31 heavy (non-hydrogen) atoms. The second-order valence-corrected chi connectivity index (χ2v) is 8.25. The molecule has 0 saturated heterocycles. The van der Waals surface area contributed by atoms with Crippen molar-refractivity contribution in [2.45, 2.75) is 73.0 Å². The summed E-state index contributed by atoms with van der Waals surface area (Å²) in [5.74, 6) is -0.689. The molecule has 1 fully saturated rings. The smallest absolute Gasteiger partial charge is 0.355 e. The standard InChI is InChI=1S/C25H32N2O4/c1-7-26-17(5)21(16(4)22(26)25(30)31-8-2)23(28)18(6)27(20-13-14-20)24(29)19-11-9-15(3)10-12-19/h9-12,18,20H,7-8,13-14H2,1-6H3. The number of hydrogen-bond donors (Lipinski definition) is 0. The Labute approximate surface area is 184 Å². The van der Waals surface area contributed by atoms with Crippen molar-refractivity contribution in [2.75, 3.05) is 6.61 Å². The number of aryl methyl sites for hydroxylation is 1. The zero-order valence-corrected chi connectivity index (χ0v) is 19.3. The number of ketones is 1. The summed E-state index contributed by atoms with van der Waals surface area (Å²) >= 11 is 0. The topological polar surface area (TPSA) is 68.6 Å². The fraction of sp³-hybridized carbons (Fsp3) is 0.480. The van der Waals surface area contributed by atoms with Crippen LogP contribution in [0.1, 0.15) is 81.6 Å². The van der Waals surface area contributed by atoms with Gasteiger partial charge in [0, 0.05) is 29.4 Å². The molecule has 1 aromatic heterocycles. The van der Waals surface area contributed by atoms with Gasteiger partial charge in [0.1, 0.15) is 5.69 Å². The molecule has 0 spiro atoms. The lowest BCUT2D eigenvalue weighted by molar-refractivity contribution is 0.0512. The van der Waals surface area contributed by atoms with Crippen molar-refractivity contribution in [3.8, 4) is 0 Å². The Bertz CT molecular complexity index is 1000. The Kier molecular flexibility index (Phi) is 6.68. The van der Waals surface area contributed by atoms with Crippen LogP contribution in [0.5, 0.6) is 0 Å². The number of hydrogen-bond acceptors (Lipinski definition) is 4. The maximum atomic E-state index is 13.7. The highest BCUT2D eigenvalue weighted by Crippen LogP contribution is 2.33. The lowest BCUT2D eigenvalue weighted by Crippen LogP contribution is -2.45. The summed E-state index contributed by atoms with van der Waals surface area (Å²) in [6.45, 7) is 11.9. The molecule has 2 aromatic rings. The number of nitrogens with zero attached hydrogens (tertiary/aromatic N) is 2. The zero-order valence-electron chi connectivity index (χ0n) is 19.3. The van der Waals surface area contributed by atoms with Gasteiger partial charge in [0.15, 0.2) is 5.78 Å². The summed E-state index contributed by atoms with van der Waals surface area (Å²) in [6.07, 6.45) is 1.80. The van der Waals surface area contributed by atoms with Gasteiger partial charge >= 0.3 is 5.97 Å². The molecule has 0 N–H and O–H groups in total. The van der Waals surface area contributed by atoms with E-state index in [1.807, 2.05) is 49.6 Å². The van der Waals surface area contributed by atoms with Gasteiger partial charge in [0.25, 0.3) is 5.91 Å². The van der Waals surface area contributed by atoms with Crippen LogP contribution in [0.3, 0.4) is 0 Å². The lowest BCUT2D eigenvalue weighted by Gasteiger charge is -2.29. The predicted molar refractivity (Wildman–Crippen MR) is 120 cm³/mol. The van der Waals surface area contributed by atoms with Gasteiger partial charge in [-0.25, -0.2) is 4.79 Å². The molecule has 0 bridgehead atoms. The normalized spacial score (nSPS) is 14.3. The van der Waals surface area contributed by atoms with Crippen molar-refractivity contribution in [2.24, 2.45) is 0 Å². The second-order valence-electron chi connectivity index (χ2n) is 8.25. The van der Waals surface area contributed by atoms with Crippen LogP contribution in [0.2, 0.25) is 0 Å². The third-order valence-electron chi connectivity index (χ3n) is 6.07. The molecule has 1 heterocycles. The fourth-order valence-corrected chi connectivity index (χ4v) is 4.31. The minimum atomic E-state index is -0.624. The van der Waals surface area contributed by atoms with E-state index in [2.05, 4.69) is 0 Å². The molecule has 1 unspecified atom stereocenters. The number of Topliss-reactive ketones (excluding diaryl/α,β-unsaturated/α-hetero) is 1. The highest BCUT2D eigenvalue weighted by atomic mass is 16.5. The van der Waals surface area contributed by atoms with Crippen LogP contribution in [0.25, 0.3) is 0 Å². The van der Waals surface area contributed by atoms with E-state index >= 15 is 0 Å². The van der Waals surface area contributed by atoms with Gasteiger partial charge in [-0.2, -0.15) is 0 Å². The molecule has 1 amide bonds. The Balaban J connectivity index is 1.98. The first-order valence-corrected chi connectivity index (χ1v) is 11.0. The van der Waals surface area contributed by atoms with E-state index in [1.54, 1.807) is 25.7 Å². The van der Waals surface area contributed by atoms with E-state index in [9.17, 15) is 14.4 Å². The van der Waals surface area contributed by atoms with Crippen LogP contribution >= 0.6 is 0 Å². The Hall–Kier alpha value is -2.89. The maximum absolute atomic E-state index is 13.7. The third kappa shape index (κ3) is 4.29. The number of aromatic nitrogens is 1. The number of benzene rings is 1. The third-order valence-corrected chi connectivity index (χ3v) is 6.07. The SMILES string of the molecule is CCOC(=O)c1c(C)c(C(=O)C(C)N(C(=O)c2ccc(C)cc2)C2CC2)c(C)n1CC. The van der Waals surface area contributed by atoms with Crippen molar-refractivity contribution in [3.63, 3.8) is 0 Å². The van der Waals surface area contributed by atoms with Crippen molar-refractivity contribution >= 4 is 17.7 Å². The van der Waals surface area contributed by atoms with Crippen LogP contribution in [-0.2, 0) is 11.3 Å². The summed E-state index contributed by atoms with van der Waals surface area (Å²) in [4.78, 5) is 41.2. The molecular formula is C25H32N2O4. The molecule has 1 aliphatic carbocycles. The van der Waals surface area contributed by atoms with Crippen LogP contribution in [0, 0.1) is 20.8 Å². The number of rotatable bonds is 8. The molecular weight excluding hydrogens is 392 g/mol. The molecule has 1 aromatic carbocycles. The van der Waals surface area contributed by atoms with Gasteiger partial charge in [-0.05, 0) is 72.1 Å². The molecule has 6 heteroatoms. The largest absolute Gasteiger partial charge is 0.461 e. The van der Waals surface area contributed by atoms with Crippen molar-refractivity contribution in [1.29, 1.82) is 0 Å². The van der Waals surface area contributed by atoms with Gasteiger partial charge < -0.3 is 14.2 Å². The minimum absolute atomic E-state index is 0.0751. The minimum Gasteiger partial charge on any atom is -0.461 e. The first-order valence-electron chi connectivity index (χ1n) is 11.0. The van der Waals surface area contributed by atoms with Crippen molar-refractivity contribution in [3.05, 3.63) is 57.9 Å². The predicted octanol–water partition coefficient (Wildman–Crippen LogP) is 4.49. The van der Waals surface area contributed by atoms with Crippen LogP contribution in [-0.4, -0.2) is 45.8 Å². The zero-order chi connectivity index (χ0) is 22.9. The van der Waals surface area contributed by atoms with Gasteiger partial charge in [-0.3, -0.25) is 9.59 Å². The Morgan fingerprint density at radius 3 is 2.23 bits per heavy atom. The number of amides is 1. The number of ether oxygens (including phenoxy) is 1. The lowest BCUT2D eigenvalue weighted by atomic mass is 9.99. The monoisotopic (exact) mass is 424 g/mol. The average Bonchev–Trinajstić information content (AvgIpc) is 3.53. The molecule has 0 radical (unpaired) electrons. The van der Waals surface area contributed by atoms with E-state index in [1.165, 1.54) is 0 Å². The van der Waals surface area contributed by atoms with Crippen molar-refractivity contribution < 1.29 is 19.1 Å². The van der Waals surface area contributed by atoms with Gasteiger partial charge in [-0.15, -0.1) is 0 Å². The number of carbonyl (C=O) groups is 3. The highest BCUT2D eigenvalue weighted by Gasteiger charge is 2.40.